The number of phenols is 3. The van der Waals surface area contributed by atoms with Crippen LogP contribution < -0.4 is 29.6 Å². The number of methoxy groups -OCH3 is 1. The van der Waals surface area contributed by atoms with Crippen LogP contribution in [-0.2, 0) is 22.3 Å². The van der Waals surface area contributed by atoms with E-state index in [1.807, 2.05) is 49.4 Å². The molecule has 1 saturated carbocycles. The molecular formula is C56H64N2O11. The van der Waals surface area contributed by atoms with Crippen molar-refractivity contribution in [2.75, 3.05) is 46.8 Å². The van der Waals surface area contributed by atoms with Crippen molar-refractivity contribution in [2.45, 2.75) is 101 Å². The maximum atomic E-state index is 13.2. The van der Waals surface area contributed by atoms with E-state index in [4.69, 9.17) is 28.4 Å². The number of nitrogens with one attached hydrogen (secondary N) is 2. The zero-order valence-corrected chi connectivity index (χ0v) is 39.4. The highest BCUT2D eigenvalue weighted by Crippen LogP contribution is 2.55. The van der Waals surface area contributed by atoms with Crippen LogP contribution in [0, 0.1) is 29.6 Å². The minimum absolute atomic E-state index is 0.0378. The predicted molar refractivity (Wildman–Crippen MR) is 261 cm³/mol. The number of fused-ring (bicyclic) bond motifs is 6. The van der Waals surface area contributed by atoms with Crippen LogP contribution in [0.25, 0.3) is 21.9 Å². The van der Waals surface area contributed by atoms with E-state index in [-0.39, 0.29) is 55.1 Å². The average molecular weight is 941 g/mol. The molecule has 2 bridgehead atoms. The first-order chi connectivity index (χ1) is 33.7. The SMILES string of the molecule is CCc1cc(-c2cccc(O)c2)c(Cc2cc(OC3CCCC3)cc3c2OCC(C2C(CCCOC)Oc4c5cc(c6cc(O)ccc46)OCC#CC4CNCNC4C(CCO)OC52)C3O)cc1O. The lowest BCUT2D eigenvalue weighted by Gasteiger charge is -2.48. The van der Waals surface area contributed by atoms with E-state index < -0.39 is 36.3 Å². The third kappa shape index (κ3) is 9.63. The van der Waals surface area contributed by atoms with Gasteiger partial charge in [-0.05, 0) is 134 Å². The lowest BCUT2D eigenvalue weighted by Crippen LogP contribution is -2.58. The number of aliphatic hydroxyl groups excluding tert-OH is 2. The molecule has 13 nitrogen and oxygen atoms in total. The van der Waals surface area contributed by atoms with Gasteiger partial charge in [0, 0.05) is 85.3 Å². The van der Waals surface area contributed by atoms with Crippen LogP contribution >= 0.6 is 0 Å². The molecule has 1 saturated heterocycles. The molecule has 10 rings (SSSR count). The van der Waals surface area contributed by atoms with Crippen molar-refractivity contribution in [3.05, 3.63) is 101 Å². The molecule has 0 radical (unpaired) electrons. The van der Waals surface area contributed by atoms with Gasteiger partial charge in [0.05, 0.1) is 36.9 Å². The largest absolute Gasteiger partial charge is 0.508 e. The fourth-order valence-electron chi connectivity index (χ4n) is 11.5. The highest BCUT2D eigenvalue weighted by molar-refractivity contribution is 5.96. The van der Waals surface area contributed by atoms with Crippen molar-refractivity contribution < 1.29 is 54.0 Å². The van der Waals surface area contributed by atoms with Gasteiger partial charge in [-0.25, -0.2) is 0 Å². The van der Waals surface area contributed by atoms with E-state index in [0.29, 0.717) is 85.9 Å². The number of phenolic OH excluding ortho intramolecular Hbond substituents is 3. The Morgan fingerprint density at radius 2 is 1.70 bits per heavy atom. The van der Waals surface area contributed by atoms with Crippen LogP contribution in [0.15, 0.2) is 72.8 Å². The molecule has 7 N–H and O–H groups in total. The molecule has 0 aromatic heterocycles. The van der Waals surface area contributed by atoms with E-state index in [1.165, 1.54) is 0 Å². The van der Waals surface area contributed by atoms with E-state index >= 15 is 0 Å². The molecule has 69 heavy (non-hydrogen) atoms. The molecule has 364 valence electrons. The molecule has 2 fully saturated rings. The fraction of sp³-hybridized carbons (Fsp3) is 0.464. The molecule has 8 unspecified atom stereocenters. The third-order valence-electron chi connectivity index (χ3n) is 14.9. The van der Waals surface area contributed by atoms with Crippen molar-refractivity contribution in [2.24, 2.45) is 17.8 Å². The summed E-state index contributed by atoms with van der Waals surface area (Å²) in [5, 5.41) is 64.9. The van der Waals surface area contributed by atoms with E-state index in [0.717, 1.165) is 64.5 Å². The Balaban J connectivity index is 1.11. The quantitative estimate of drug-likeness (QED) is 0.0447. The van der Waals surface area contributed by atoms with Gasteiger partial charge in [0.2, 0.25) is 0 Å². The number of benzene rings is 5. The Kier molecular flexibility index (Phi) is 14.1. The summed E-state index contributed by atoms with van der Waals surface area (Å²) in [6, 6.07) is 21.8. The van der Waals surface area contributed by atoms with Crippen molar-refractivity contribution >= 4 is 10.8 Å². The molecule has 5 aromatic carbocycles. The maximum absolute atomic E-state index is 13.2. The van der Waals surface area contributed by atoms with Gasteiger partial charge < -0.3 is 59.3 Å². The number of ether oxygens (including phenoxy) is 6. The van der Waals surface area contributed by atoms with Crippen molar-refractivity contribution in [3.8, 4) is 63.2 Å². The Morgan fingerprint density at radius 1 is 0.841 bits per heavy atom. The zero-order chi connectivity index (χ0) is 47.6. The predicted octanol–water partition coefficient (Wildman–Crippen LogP) is 7.98. The molecule has 8 atom stereocenters. The second-order valence-electron chi connectivity index (χ2n) is 19.2. The van der Waals surface area contributed by atoms with Gasteiger partial charge in [0.1, 0.15) is 53.0 Å². The van der Waals surface area contributed by atoms with Crippen LogP contribution in [0.4, 0.5) is 0 Å². The van der Waals surface area contributed by atoms with Gasteiger partial charge in [-0.15, -0.1) is 0 Å². The van der Waals surface area contributed by atoms with Gasteiger partial charge >= 0.3 is 0 Å². The molecule has 13 heteroatoms. The number of hydrogen-bond acceptors (Lipinski definition) is 13. The average Bonchev–Trinajstić information content (AvgIpc) is 3.86. The summed E-state index contributed by atoms with van der Waals surface area (Å²) in [5.41, 5.74) is 5.46. The number of rotatable bonds is 13. The summed E-state index contributed by atoms with van der Waals surface area (Å²) in [4.78, 5) is 0. The van der Waals surface area contributed by atoms with Crippen LogP contribution in [-0.4, -0.2) is 96.6 Å². The highest BCUT2D eigenvalue weighted by Gasteiger charge is 2.51. The molecule has 5 aromatic rings. The summed E-state index contributed by atoms with van der Waals surface area (Å²) in [6.07, 6.45) is 3.91. The van der Waals surface area contributed by atoms with Crippen molar-refractivity contribution in [1.29, 1.82) is 0 Å². The standard InChI is InChI=1S/C56H64N2O11/c1-3-32-24-42(33-9-6-11-37(60)22-33)35(25-47(32)62)21-36-23-40(67-39-12-4-5-13-39)27-44-53(63)46(30-66-54(36)44)51-48(14-8-19-64-2)68-55-41-16-15-38(61)26-43(41)50-28-45(55)56(51)69-49(17-18-59)52-34(10-7-20-65-50)29-57-31-58-52/h6,9,11,15-16,22-28,34,39,46,48-49,51-53,56-63H,3-5,8,12-14,17-21,29-31H2,1-2H3. The second-order valence-corrected chi connectivity index (χ2v) is 19.2. The molecule has 0 spiro atoms. The van der Waals surface area contributed by atoms with Crippen LogP contribution in [0.1, 0.15) is 91.9 Å². The van der Waals surface area contributed by atoms with Crippen LogP contribution in [0.3, 0.4) is 0 Å². The number of aliphatic hydroxyl groups is 2. The number of aromatic hydroxyl groups is 3. The lowest BCUT2D eigenvalue weighted by molar-refractivity contribution is -0.145. The van der Waals surface area contributed by atoms with Crippen LogP contribution in [0.2, 0.25) is 0 Å². The van der Waals surface area contributed by atoms with E-state index in [9.17, 15) is 25.5 Å². The van der Waals surface area contributed by atoms with Gasteiger partial charge in [0.15, 0.2) is 0 Å². The third-order valence-corrected chi connectivity index (χ3v) is 14.9. The Bertz CT molecular complexity index is 2710. The topological polar surface area (TPSA) is 181 Å². The lowest BCUT2D eigenvalue weighted by atomic mass is 9.72. The molecule has 0 amide bonds. The second kappa shape index (κ2) is 20.7. The van der Waals surface area contributed by atoms with Gasteiger partial charge in [-0.1, -0.05) is 30.9 Å². The molecule has 4 heterocycles. The van der Waals surface area contributed by atoms with E-state index in [2.05, 4.69) is 22.5 Å². The number of aryl methyl sites for hydroxylation is 1. The van der Waals surface area contributed by atoms with Crippen molar-refractivity contribution in [1.82, 2.24) is 10.6 Å². The minimum Gasteiger partial charge on any atom is -0.508 e. The molecule has 4 aliphatic heterocycles. The highest BCUT2D eigenvalue weighted by atomic mass is 16.5. The normalized spacial score (nSPS) is 25.4. The summed E-state index contributed by atoms with van der Waals surface area (Å²) < 4.78 is 40.5. The Labute approximate surface area is 403 Å². The van der Waals surface area contributed by atoms with E-state index in [1.54, 1.807) is 37.4 Å². The monoisotopic (exact) mass is 940 g/mol. The summed E-state index contributed by atoms with van der Waals surface area (Å²) in [5.74, 6) is 8.19. The van der Waals surface area contributed by atoms with Crippen LogP contribution in [0.5, 0.6) is 40.2 Å². The maximum Gasteiger partial charge on any atom is 0.149 e. The van der Waals surface area contributed by atoms with Gasteiger partial charge in [0.25, 0.3) is 0 Å². The fourth-order valence-corrected chi connectivity index (χ4v) is 11.5. The summed E-state index contributed by atoms with van der Waals surface area (Å²) >= 11 is 0. The first-order valence-corrected chi connectivity index (χ1v) is 24.8. The Hall–Kier alpha value is -5.72. The Morgan fingerprint density at radius 3 is 2.51 bits per heavy atom. The van der Waals surface area contributed by atoms with Crippen molar-refractivity contribution in [3.63, 3.8) is 0 Å². The minimum atomic E-state index is -1.06. The molecule has 5 aliphatic rings. The summed E-state index contributed by atoms with van der Waals surface area (Å²) in [6.45, 7) is 3.80. The van der Waals surface area contributed by atoms with Gasteiger partial charge in [-0.3, -0.25) is 5.32 Å². The molecule has 1 aliphatic carbocycles. The van der Waals surface area contributed by atoms with Gasteiger partial charge in [-0.2, -0.15) is 0 Å². The smallest absolute Gasteiger partial charge is 0.149 e. The zero-order valence-electron chi connectivity index (χ0n) is 39.4. The molecular weight excluding hydrogens is 877 g/mol. The number of hydrogen-bond donors (Lipinski definition) is 7. The first kappa shape index (κ1) is 47.0. The first-order valence-electron chi connectivity index (χ1n) is 24.8. The summed E-state index contributed by atoms with van der Waals surface area (Å²) in [7, 11) is 1.68.